The summed E-state index contributed by atoms with van der Waals surface area (Å²) < 4.78 is 164. The van der Waals surface area contributed by atoms with Gasteiger partial charge in [-0.25, -0.2) is 0 Å². The second kappa shape index (κ2) is 15.1. The van der Waals surface area contributed by atoms with Gasteiger partial charge < -0.3 is 5.73 Å². The molecule has 6 aromatic carbocycles. The van der Waals surface area contributed by atoms with Crippen LogP contribution in [0.3, 0.4) is 0 Å². The Balaban J connectivity index is 1.74. The van der Waals surface area contributed by atoms with E-state index in [1.54, 1.807) is 0 Å². The Morgan fingerprint density at radius 1 is 0.362 bits per heavy atom. The average Bonchev–Trinajstić information content (AvgIpc) is 3.17. The normalized spacial score (nSPS) is 12.3. The van der Waals surface area contributed by atoms with Gasteiger partial charge in [-0.3, -0.25) is 14.5 Å². The molecular formula is C42H24F12N2O2. The van der Waals surface area contributed by atoms with Crippen molar-refractivity contribution in [2.45, 2.75) is 24.7 Å². The molecule has 0 saturated carbocycles. The Bertz CT molecular complexity index is 2150. The zero-order valence-electron chi connectivity index (χ0n) is 29.1. The van der Waals surface area contributed by atoms with Gasteiger partial charge in [0.1, 0.15) is 0 Å². The molecule has 0 fully saturated rings. The number of primary amides is 1. The van der Waals surface area contributed by atoms with E-state index in [0.29, 0.717) is 53.4 Å². The van der Waals surface area contributed by atoms with Crippen LogP contribution in [0.15, 0.2) is 133 Å². The molecule has 0 atom stereocenters. The van der Waals surface area contributed by atoms with Crippen LogP contribution in [0, 0.1) is 0 Å². The standard InChI is InChI=1S/C42H24F12N2O2/c43-39(44,45)27-15-7-23(8-16-27)31-3-1-4-32(24-9-17-28(18-10-24)40(46,47)48)35(31)56(38(58)37(55)57)36-33(25-11-19-29(20-12-25)41(49,50)51)5-2-6-34(36)26-13-21-30(22-14-26)42(52,53)54/h1-22H,(H2,55,57). The number of nitrogens with two attached hydrogens (primary N) is 1. The minimum atomic E-state index is -4.78. The van der Waals surface area contributed by atoms with Crippen molar-refractivity contribution in [1.82, 2.24) is 0 Å². The summed E-state index contributed by atoms with van der Waals surface area (Å²) in [6.45, 7) is 0. The number of alkyl halides is 12. The van der Waals surface area contributed by atoms with Gasteiger partial charge >= 0.3 is 36.5 Å². The fourth-order valence-corrected chi connectivity index (χ4v) is 6.28. The molecule has 2 N–H and O–H groups in total. The summed E-state index contributed by atoms with van der Waals surface area (Å²) in [5.41, 5.74) is 0.280. The number of halogens is 12. The zero-order valence-corrected chi connectivity index (χ0v) is 29.1. The largest absolute Gasteiger partial charge is 0.416 e. The van der Waals surface area contributed by atoms with Gasteiger partial charge in [0.05, 0.1) is 33.6 Å². The Hall–Kier alpha value is -6.58. The zero-order chi connectivity index (χ0) is 42.4. The Morgan fingerprint density at radius 3 is 0.741 bits per heavy atom. The molecule has 4 nitrogen and oxygen atoms in total. The number of carbonyl (C=O) groups excluding carboxylic acids is 2. The molecule has 0 aliphatic heterocycles. The van der Waals surface area contributed by atoms with Crippen LogP contribution in [0.2, 0.25) is 0 Å². The summed E-state index contributed by atoms with van der Waals surface area (Å²) in [6, 6.07) is 22.0. The topological polar surface area (TPSA) is 63.4 Å². The molecule has 0 saturated heterocycles. The van der Waals surface area contributed by atoms with Crippen LogP contribution in [0.5, 0.6) is 0 Å². The van der Waals surface area contributed by atoms with E-state index < -0.39 is 58.8 Å². The number of para-hydroxylation sites is 2. The SMILES string of the molecule is NC(=O)C(=O)N(c1c(-c2ccc(C(F)(F)F)cc2)cccc1-c1ccc(C(F)(F)F)cc1)c1c(-c2ccc(C(F)(F)F)cc2)cccc1-c1ccc(C(F)(F)F)cc1. The number of hydrogen-bond acceptors (Lipinski definition) is 2. The van der Waals surface area contributed by atoms with Crippen molar-refractivity contribution in [2.75, 3.05) is 4.90 Å². The van der Waals surface area contributed by atoms with Gasteiger partial charge in [-0.2, -0.15) is 52.7 Å². The minimum absolute atomic E-state index is 0.0119. The van der Waals surface area contributed by atoms with Gasteiger partial charge in [0.25, 0.3) is 0 Å². The van der Waals surface area contributed by atoms with Crippen LogP contribution < -0.4 is 10.6 Å². The van der Waals surface area contributed by atoms with E-state index in [-0.39, 0.29) is 55.9 Å². The minimum Gasteiger partial charge on any atom is -0.361 e. The van der Waals surface area contributed by atoms with Crippen LogP contribution >= 0.6 is 0 Å². The van der Waals surface area contributed by atoms with Crippen molar-refractivity contribution < 1.29 is 62.3 Å². The molecule has 0 heterocycles. The van der Waals surface area contributed by atoms with Gasteiger partial charge in [0, 0.05) is 22.3 Å². The number of carbonyl (C=O) groups is 2. The molecule has 0 spiro atoms. The van der Waals surface area contributed by atoms with Crippen molar-refractivity contribution in [3.63, 3.8) is 0 Å². The lowest BCUT2D eigenvalue weighted by Gasteiger charge is -2.31. The highest BCUT2D eigenvalue weighted by Crippen LogP contribution is 2.50. The van der Waals surface area contributed by atoms with E-state index in [1.807, 2.05) is 0 Å². The lowest BCUT2D eigenvalue weighted by Crippen LogP contribution is -2.38. The van der Waals surface area contributed by atoms with Gasteiger partial charge in [0.2, 0.25) is 0 Å². The van der Waals surface area contributed by atoms with E-state index in [1.165, 1.54) is 36.4 Å². The van der Waals surface area contributed by atoms with Crippen molar-refractivity contribution >= 4 is 23.2 Å². The number of nitrogens with zero attached hydrogens (tertiary/aromatic N) is 1. The molecule has 6 rings (SSSR count). The number of hydrogen-bond donors (Lipinski definition) is 1. The molecule has 16 heteroatoms. The molecule has 298 valence electrons. The molecule has 0 radical (unpaired) electrons. The van der Waals surface area contributed by atoms with Gasteiger partial charge in [-0.15, -0.1) is 0 Å². The lowest BCUT2D eigenvalue weighted by atomic mass is 9.90. The summed E-state index contributed by atoms with van der Waals surface area (Å²) in [7, 11) is 0. The number of anilines is 2. The molecule has 2 amide bonds. The number of benzene rings is 6. The summed E-state index contributed by atoms with van der Waals surface area (Å²) >= 11 is 0. The maximum absolute atomic E-state index is 14.4. The van der Waals surface area contributed by atoms with Crippen LogP contribution in [0.4, 0.5) is 64.1 Å². The van der Waals surface area contributed by atoms with E-state index in [9.17, 15) is 62.3 Å². The van der Waals surface area contributed by atoms with Crippen molar-refractivity contribution in [3.8, 4) is 44.5 Å². The first-order valence-electron chi connectivity index (χ1n) is 16.7. The molecule has 0 aliphatic carbocycles. The summed E-state index contributed by atoms with van der Waals surface area (Å²) in [5.74, 6) is -3.18. The van der Waals surface area contributed by atoms with E-state index >= 15 is 0 Å². The quantitative estimate of drug-likeness (QED) is 0.134. The van der Waals surface area contributed by atoms with Gasteiger partial charge in [-0.1, -0.05) is 84.9 Å². The maximum atomic E-state index is 14.4. The summed E-state index contributed by atoms with van der Waals surface area (Å²) in [6.07, 6.45) is -19.1. The molecular weight excluding hydrogens is 792 g/mol. The van der Waals surface area contributed by atoms with Crippen LogP contribution in [0.1, 0.15) is 22.3 Å². The first kappa shape index (κ1) is 41.1. The van der Waals surface area contributed by atoms with E-state index in [4.69, 9.17) is 5.73 Å². The van der Waals surface area contributed by atoms with Crippen molar-refractivity contribution in [1.29, 1.82) is 0 Å². The molecule has 0 aromatic heterocycles. The van der Waals surface area contributed by atoms with Crippen molar-refractivity contribution in [2.24, 2.45) is 5.73 Å². The predicted octanol–water partition coefficient (Wildman–Crippen LogP) is 12.6. The number of amides is 2. The van der Waals surface area contributed by atoms with Gasteiger partial charge in [-0.05, 0) is 70.8 Å². The van der Waals surface area contributed by atoms with Crippen LogP contribution in [-0.4, -0.2) is 11.8 Å². The van der Waals surface area contributed by atoms with Crippen molar-refractivity contribution in [3.05, 3.63) is 156 Å². The Labute approximate surface area is 320 Å². The fraction of sp³-hybridized carbons (Fsp3) is 0.0952. The second-order valence-electron chi connectivity index (χ2n) is 12.7. The summed E-state index contributed by atoms with van der Waals surface area (Å²) in [4.78, 5) is 28.1. The highest BCUT2D eigenvalue weighted by molar-refractivity contribution is 6.43. The molecule has 0 aliphatic rings. The van der Waals surface area contributed by atoms with E-state index in [0.717, 1.165) is 48.5 Å². The number of rotatable bonds is 6. The smallest absolute Gasteiger partial charge is 0.361 e. The molecule has 6 aromatic rings. The second-order valence-corrected chi connectivity index (χ2v) is 12.7. The first-order chi connectivity index (χ1) is 27.1. The maximum Gasteiger partial charge on any atom is 0.416 e. The Morgan fingerprint density at radius 2 is 0.569 bits per heavy atom. The highest BCUT2D eigenvalue weighted by atomic mass is 19.4. The van der Waals surface area contributed by atoms with Gasteiger partial charge in [0.15, 0.2) is 0 Å². The average molecular weight is 817 g/mol. The third kappa shape index (κ3) is 8.40. The Kier molecular flexibility index (Phi) is 10.7. The monoisotopic (exact) mass is 816 g/mol. The highest BCUT2D eigenvalue weighted by Gasteiger charge is 2.36. The summed E-state index contributed by atoms with van der Waals surface area (Å²) in [5, 5.41) is 0. The van der Waals surface area contributed by atoms with E-state index in [2.05, 4.69) is 0 Å². The third-order valence-electron chi connectivity index (χ3n) is 9.03. The molecule has 0 bridgehead atoms. The third-order valence-corrected chi connectivity index (χ3v) is 9.03. The predicted molar refractivity (Wildman–Crippen MR) is 191 cm³/mol. The molecule has 58 heavy (non-hydrogen) atoms. The van der Waals surface area contributed by atoms with Crippen LogP contribution in [0.25, 0.3) is 44.5 Å². The van der Waals surface area contributed by atoms with Crippen LogP contribution in [-0.2, 0) is 34.3 Å². The lowest BCUT2D eigenvalue weighted by molar-refractivity contribution is -0.138. The molecule has 0 unspecified atom stereocenters. The fourth-order valence-electron chi connectivity index (χ4n) is 6.28. The first-order valence-corrected chi connectivity index (χ1v) is 16.7.